The molecular weight excluding hydrogens is 150 g/mol. The molecule has 0 rings (SSSR count). The predicted molar refractivity (Wildman–Crippen MR) is 52.6 cm³/mol. The number of hydrogen-bond donors (Lipinski definition) is 1. The highest BCUT2D eigenvalue weighted by Gasteiger charge is 2.07. The van der Waals surface area contributed by atoms with Gasteiger partial charge in [0, 0.05) is 5.57 Å². The number of nitrogens with one attached hydrogen (secondary N) is 1. The van der Waals surface area contributed by atoms with Gasteiger partial charge in [-0.25, -0.2) is 0 Å². The monoisotopic (exact) mass is 169 g/mol. The number of hydrogen-bond acceptors (Lipinski definition) is 2. The third-order valence-corrected chi connectivity index (χ3v) is 1.99. The zero-order valence-corrected chi connectivity index (χ0v) is 8.48. The number of rotatable bonds is 4. The summed E-state index contributed by atoms with van der Waals surface area (Å²) >= 11 is 0. The summed E-state index contributed by atoms with van der Waals surface area (Å²) in [6.45, 7) is 7.96. The van der Waals surface area contributed by atoms with Crippen LogP contribution in [0.25, 0.3) is 0 Å². The quantitative estimate of drug-likeness (QED) is 0.509. The van der Waals surface area contributed by atoms with Crippen LogP contribution in [0.1, 0.15) is 40.5 Å². The van der Waals surface area contributed by atoms with Crippen molar-refractivity contribution in [2.24, 2.45) is 0 Å². The van der Waals surface area contributed by atoms with Crippen molar-refractivity contribution in [3.05, 3.63) is 11.6 Å². The fourth-order valence-corrected chi connectivity index (χ4v) is 0.846. The third-order valence-electron chi connectivity index (χ3n) is 1.99. The Bertz CT molecular complexity index is 169. The normalized spacial score (nSPS) is 11.9. The lowest BCUT2D eigenvalue weighted by molar-refractivity contribution is 0.178. The van der Waals surface area contributed by atoms with E-state index in [1.807, 2.05) is 19.9 Å². The maximum Gasteiger partial charge on any atom is 0.208 e. The summed E-state index contributed by atoms with van der Waals surface area (Å²) in [4.78, 5) is 0. The van der Waals surface area contributed by atoms with Gasteiger partial charge in [-0.2, -0.15) is 0 Å². The van der Waals surface area contributed by atoms with E-state index in [0.29, 0.717) is 5.90 Å². The Kier molecular flexibility index (Phi) is 5.43. The van der Waals surface area contributed by atoms with E-state index in [1.165, 1.54) is 0 Å². The van der Waals surface area contributed by atoms with Crippen LogP contribution in [-0.2, 0) is 4.74 Å². The molecule has 12 heavy (non-hydrogen) atoms. The summed E-state index contributed by atoms with van der Waals surface area (Å²) in [5.74, 6) is 0.311. The van der Waals surface area contributed by atoms with Gasteiger partial charge in [0.25, 0.3) is 0 Å². The van der Waals surface area contributed by atoms with Crippen molar-refractivity contribution in [2.45, 2.75) is 46.6 Å². The van der Waals surface area contributed by atoms with Gasteiger partial charge in [-0.05, 0) is 26.7 Å². The minimum atomic E-state index is 0.201. The molecule has 0 saturated heterocycles. The molecule has 0 bridgehead atoms. The van der Waals surface area contributed by atoms with Crippen LogP contribution >= 0.6 is 0 Å². The molecule has 0 heterocycles. The van der Waals surface area contributed by atoms with Gasteiger partial charge in [-0.15, -0.1) is 0 Å². The molecule has 0 amide bonds. The maximum atomic E-state index is 7.54. The van der Waals surface area contributed by atoms with Crippen LogP contribution < -0.4 is 0 Å². The smallest absolute Gasteiger partial charge is 0.208 e. The van der Waals surface area contributed by atoms with Crippen LogP contribution in [0.4, 0.5) is 0 Å². The average Bonchev–Trinajstić information content (AvgIpc) is 2.12. The highest BCUT2D eigenvalue weighted by molar-refractivity contribution is 5.90. The molecule has 0 aliphatic heterocycles. The Labute approximate surface area is 75.1 Å². The molecule has 0 aromatic heterocycles. The Hall–Kier alpha value is -0.790. The zero-order chi connectivity index (χ0) is 9.56. The number of ether oxygens (including phenoxy) is 1. The highest BCUT2D eigenvalue weighted by atomic mass is 16.5. The van der Waals surface area contributed by atoms with Crippen molar-refractivity contribution < 1.29 is 4.74 Å². The first-order valence-corrected chi connectivity index (χ1v) is 4.54. The van der Waals surface area contributed by atoms with Crippen molar-refractivity contribution in [3.63, 3.8) is 0 Å². The largest absolute Gasteiger partial charge is 0.475 e. The Morgan fingerprint density at radius 1 is 1.42 bits per heavy atom. The van der Waals surface area contributed by atoms with Crippen LogP contribution in [0, 0.1) is 5.41 Å². The van der Waals surface area contributed by atoms with Gasteiger partial charge in [0.05, 0.1) is 6.10 Å². The van der Waals surface area contributed by atoms with Crippen molar-refractivity contribution >= 4 is 5.90 Å². The van der Waals surface area contributed by atoms with Gasteiger partial charge in [0.1, 0.15) is 0 Å². The Balaban J connectivity index is 3.98. The van der Waals surface area contributed by atoms with E-state index >= 15 is 0 Å². The minimum absolute atomic E-state index is 0.201. The van der Waals surface area contributed by atoms with Crippen LogP contribution in [0.15, 0.2) is 11.6 Å². The fraction of sp³-hybridized carbons (Fsp3) is 0.700. The van der Waals surface area contributed by atoms with Crippen LogP contribution in [0.5, 0.6) is 0 Å². The van der Waals surface area contributed by atoms with Gasteiger partial charge in [0.15, 0.2) is 0 Å². The highest BCUT2D eigenvalue weighted by Crippen LogP contribution is 2.06. The van der Waals surface area contributed by atoms with E-state index < -0.39 is 0 Å². The molecule has 0 atom stereocenters. The van der Waals surface area contributed by atoms with Crippen molar-refractivity contribution in [1.82, 2.24) is 0 Å². The zero-order valence-electron chi connectivity index (χ0n) is 8.48. The summed E-state index contributed by atoms with van der Waals surface area (Å²) in [5, 5.41) is 7.54. The molecule has 0 spiro atoms. The lowest BCUT2D eigenvalue weighted by Crippen LogP contribution is -2.16. The lowest BCUT2D eigenvalue weighted by atomic mass is 10.2. The molecule has 0 aliphatic rings. The summed E-state index contributed by atoms with van der Waals surface area (Å²) in [5.41, 5.74) is 0.905. The Morgan fingerprint density at radius 3 is 2.25 bits per heavy atom. The van der Waals surface area contributed by atoms with Gasteiger partial charge in [0.2, 0.25) is 5.90 Å². The molecular formula is C10H19NO. The lowest BCUT2D eigenvalue weighted by Gasteiger charge is -2.15. The second-order valence-corrected chi connectivity index (χ2v) is 2.86. The fourth-order valence-electron chi connectivity index (χ4n) is 0.846. The molecule has 0 radical (unpaired) electrons. The van der Waals surface area contributed by atoms with E-state index in [4.69, 9.17) is 10.1 Å². The molecule has 0 saturated carbocycles. The molecule has 2 nitrogen and oxygen atoms in total. The van der Waals surface area contributed by atoms with E-state index in [0.717, 1.165) is 18.4 Å². The third kappa shape index (κ3) is 3.56. The van der Waals surface area contributed by atoms with E-state index in [-0.39, 0.29) is 6.10 Å². The molecule has 0 aliphatic carbocycles. The first kappa shape index (κ1) is 11.2. The van der Waals surface area contributed by atoms with E-state index in [1.54, 1.807) is 0 Å². The summed E-state index contributed by atoms with van der Waals surface area (Å²) in [6.07, 6.45) is 4.03. The van der Waals surface area contributed by atoms with Crippen LogP contribution in [0.3, 0.4) is 0 Å². The molecule has 1 N–H and O–H groups in total. The second kappa shape index (κ2) is 5.81. The van der Waals surface area contributed by atoms with Gasteiger partial charge < -0.3 is 4.74 Å². The number of allylic oxidation sites excluding steroid dienone is 1. The first-order chi connectivity index (χ1) is 5.65. The van der Waals surface area contributed by atoms with Gasteiger partial charge in [-0.1, -0.05) is 19.9 Å². The summed E-state index contributed by atoms with van der Waals surface area (Å²) in [7, 11) is 0. The molecule has 0 fully saturated rings. The molecule has 70 valence electrons. The summed E-state index contributed by atoms with van der Waals surface area (Å²) < 4.78 is 5.42. The van der Waals surface area contributed by atoms with Gasteiger partial charge in [-0.3, -0.25) is 5.41 Å². The first-order valence-electron chi connectivity index (χ1n) is 4.54. The van der Waals surface area contributed by atoms with E-state index in [9.17, 15) is 0 Å². The topological polar surface area (TPSA) is 33.1 Å². The van der Waals surface area contributed by atoms with E-state index in [2.05, 4.69) is 13.8 Å². The molecule has 0 unspecified atom stereocenters. The van der Waals surface area contributed by atoms with Crippen molar-refractivity contribution in [1.29, 1.82) is 5.41 Å². The summed E-state index contributed by atoms with van der Waals surface area (Å²) in [6, 6.07) is 0. The van der Waals surface area contributed by atoms with Crippen molar-refractivity contribution in [2.75, 3.05) is 0 Å². The molecule has 0 aromatic rings. The minimum Gasteiger partial charge on any atom is -0.475 e. The average molecular weight is 169 g/mol. The second-order valence-electron chi connectivity index (χ2n) is 2.86. The molecule has 2 heteroatoms. The Morgan fingerprint density at radius 2 is 1.92 bits per heavy atom. The van der Waals surface area contributed by atoms with Crippen LogP contribution in [-0.4, -0.2) is 12.0 Å². The molecule has 0 aromatic carbocycles. The van der Waals surface area contributed by atoms with Crippen LogP contribution in [0.2, 0.25) is 0 Å². The van der Waals surface area contributed by atoms with Gasteiger partial charge >= 0.3 is 0 Å². The standard InChI is InChI=1S/C10H19NO/c1-5-8(4)10(11)12-9(6-2)7-3/h5,9,11H,6-7H2,1-4H3/b8-5-,11-10?. The SMILES string of the molecule is C/C=C(/C)C(=N)OC(CC)CC. The predicted octanol–water partition coefficient (Wildman–Crippen LogP) is 3.14. The van der Waals surface area contributed by atoms with Crippen molar-refractivity contribution in [3.8, 4) is 0 Å². The maximum absolute atomic E-state index is 7.54.